The molecule has 0 aliphatic rings. The van der Waals surface area contributed by atoms with Gasteiger partial charge >= 0.3 is 5.97 Å². The predicted octanol–water partition coefficient (Wildman–Crippen LogP) is 3.81. The van der Waals surface area contributed by atoms with E-state index in [0.717, 1.165) is 13.8 Å². The van der Waals surface area contributed by atoms with Gasteiger partial charge in [-0.15, -0.1) is 11.3 Å². The Morgan fingerprint density at radius 2 is 2.19 bits per heavy atom. The summed E-state index contributed by atoms with van der Waals surface area (Å²) in [6.07, 6.45) is -0.0703. The van der Waals surface area contributed by atoms with Gasteiger partial charge in [-0.3, -0.25) is 4.79 Å². The maximum Gasteiger partial charge on any atom is 0.303 e. The summed E-state index contributed by atoms with van der Waals surface area (Å²) < 4.78 is 1.77. The van der Waals surface area contributed by atoms with Gasteiger partial charge in [-0.05, 0) is 44.2 Å². The second-order valence-corrected chi connectivity index (χ2v) is 6.27. The number of aliphatic carboxylic acids is 1. The first-order chi connectivity index (χ1) is 7.41. The summed E-state index contributed by atoms with van der Waals surface area (Å²) in [5, 5.41) is 20.5. The number of carbonyl (C=O) groups is 1. The highest BCUT2D eigenvalue weighted by atomic mass is 79.9. The van der Waals surface area contributed by atoms with E-state index in [0.29, 0.717) is 6.42 Å². The van der Waals surface area contributed by atoms with Gasteiger partial charge in [0.05, 0.1) is 6.10 Å². The van der Waals surface area contributed by atoms with Crippen LogP contribution in [0.25, 0.3) is 0 Å². The molecule has 3 nitrogen and oxygen atoms in total. The standard InChI is InChI=1S/C10H12Br2O3S/c1-5(3-8(14)15)2-7(13)10-9(12)6(11)4-16-10/h4-5,7,13H,2-3H2,1H3,(H,14,15). The van der Waals surface area contributed by atoms with Crippen molar-refractivity contribution >= 4 is 49.2 Å². The minimum absolute atomic E-state index is 0.0414. The number of hydrogen-bond donors (Lipinski definition) is 2. The number of carboxylic acid groups (broad SMARTS) is 1. The summed E-state index contributed by atoms with van der Waals surface area (Å²) in [6, 6.07) is 0. The lowest BCUT2D eigenvalue weighted by Gasteiger charge is -2.14. The van der Waals surface area contributed by atoms with E-state index < -0.39 is 12.1 Å². The Kier molecular flexibility index (Phi) is 5.43. The molecule has 0 saturated carbocycles. The predicted molar refractivity (Wildman–Crippen MR) is 70.7 cm³/mol. The van der Waals surface area contributed by atoms with Gasteiger partial charge in [0.15, 0.2) is 0 Å². The number of thiophene rings is 1. The number of carboxylic acids is 1. The third kappa shape index (κ3) is 3.84. The number of rotatable bonds is 5. The van der Waals surface area contributed by atoms with Crippen molar-refractivity contribution in [2.75, 3.05) is 0 Å². The first-order valence-electron chi connectivity index (χ1n) is 4.74. The van der Waals surface area contributed by atoms with E-state index in [1.54, 1.807) is 0 Å². The van der Waals surface area contributed by atoms with E-state index in [2.05, 4.69) is 31.9 Å². The summed E-state index contributed by atoms with van der Waals surface area (Å²) in [6.45, 7) is 1.83. The highest BCUT2D eigenvalue weighted by Crippen LogP contribution is 2.38. The molecule has 0 spiro atoms. The van der Waals surface area contributed by atoms with Crippen LogP contribution >= 0.6 is 43.2 Å². The Hall–Kier alpha value is 0.0900. The molecule has 1 aromatic heterocycles. The van der Waals surface area contributed by atoms with Crippen molar-refractivity contribution in [2.24, 2.45) is 5.92 Å². The molecule has 0 bridgehead atoms. The molecule has 0 aromatic carbocycles. The van der Waals surface area contributed by atoms with E-state index in [1.807, 2.05) is 12.3 Å². The molecule has 1 rings (SSSR count). The molecule has 0 aliphatic carbocycles. The van der Waals surface area contributed by atoms with Crippen molar-refractivity contribution < 1.29 is 15.0 Å². The molecule has 0 amide bonds. The highest BCUT2D eigenvalue weighted by Gasteiger charge is 2.19. The monoisotopic (exact) mass is 370 g/mol. The van der Waals surface area contributed by atoms with Crippen LogP contribution in [0.2, 0.25) is 0 Å². The molecular weight excluding hydrogens is 360 g/mol. The van der Waals surface area contributed by atoms with Crippen LogP contribution in [-0.2, 0) is 4.79 Å². The van der Waals surface area contributed by atoms with Gasteiger partial charge < -0.3 is 10.2 Å². The Morgan fingerprint density at radius 3 is 2.62 bits per heavy atom. The highest BCUT2D eigenvalue weighted by molar-refractivity contribution is 9.13. The SMILES string of the molecule is CC(CC(=O)O)CC(O)c1scc(Br)c1Br. The maximum absolute atomic E-state index is 10.5. The van der Waals surface area contributed by atoms with Gasteiger partial charge in [-0.2, -0.15) is 0 Å². The summed E-state index contributed by atoms with van der Waals surface area (Å²) in [4.78, 5) is 11.3. The fraction of sp³-hybridized carbons (Fsp3) is 0.500. The third-order valence-corrected chi connectivity index (χ3v) is 5.83. The molecule has 1 aromatic rings. The van der Waals surface area contributed by atoms with Crippen molar-refractivity contribution in [2.45, 2.75) is 25.9 Å². The van der Waals surface area contributed by atoms with Crippen LogP contribution in [0.3, 0.4) is 0 Å². The van der Waals surface area contributed by atoms with Crippen molar-refractivity contribution in [1.29, 1.82) is 0 Å². The second-order valence-electron chi connectivity index (χ2n) is 3.72. The third-order valence-electron chi connectivity index (χ3n) is 2.17. The average molecular weight is 372 g/mol. The minimum atomic E-state index is -0.828. The zero-order valence-electron chi connectivity index (χ0n) is 8.61. The molecule has 2 N–H and O–H groups in total. The van der Waals surface area contributed by atoms with E-state index in [9.17, 15) is 9.90 Å². The molecule has 16 heavy (non-hydrogen) atoms. The van der Waals surface area contributed by atoms with Gasteiger partial charge in [-0.1, -0.05) is 6.92 Å². The molecule has 2 atom stereocenters. The van der Waals surface area contributed by atoms with Crippen molar-refractivity contribution in [3.8, 4) is 0 Å². The first kappa shape index (κ1) is 14.2. The molecule has 0 radical (unpaired) electrons. The molecule has 1 heterocycles. The summed E-state index contributed by atoms with van der Waals surface area (Å²) >= 11 is 8.18. The van der Waals surface area contributed by atoms with Crippen LogP contribution in [0, 0.1) is 5.92 Å². The largest absolute Gasteiger partial charge is 0.481 e. The summed E-state index contributed by atoms with van der Waals surface area (Å²) in [7, 11) is 0. The van der Waals surface area contributed by atoms with Crippen LogP contribution < -0.4 is 0 Å². The van der Waals surface area contributed by atoms with E-state index in [1.165, 1.54) is 11.3 Å². The van der Waals surface area contributed by atoms with E-state index in [-0.39, 0.29) is 12.3 Å². The first-order valence-corrected chi connectivity index (χ1v) is 7.20. The van der Waals surface area contributed by atoms with E-state index >= 15 is 0 Å². The second kappa shape index (κ2) is 6.14. The van der Waals surface area contributed by atoms with Crippen LogP contribution in [0.1, 0.15) is 30.7 Å². The molecule has 0 saturated heterocycles. The van der Waals surface area contributed by atoms with Crippen LogP contribution in [0.4, 0.5) is 0 Å². The van der Waals surface area contributed by atoms with Crippen LogP contribution in [-0.4, -0.2) is 16.2 Å². The van der Waals surface area contributed by atoms with E-state index in [4.69, 9.17) is 5.11 Å². The smallest absolute Gasteiger partial charge is 0.303 e. The number of aliphatic hydroxyl groups excluding tert-OH is 1. The minimum Gasteiger partial charge on any atom is -0.481 e. The normalized spacial score (nSPS) is 14.8. The molecule has 2 unspecified atom stereocenters. The van der Waals surface area contributed by atoms with Gasteiger partial charge in [0.1, 0.15) is 0 Å². The molecule has 6 heteroatoms. The Labute approximate surface area is 115 Å². The number of aliphatic hydroxyl groups is 1. The number of halogens is 2. The van der Waals surface area contributed by atoms with Crippen LogP contribution in [0.5, 0.6) is 0 Å². The molecular formula is C10H12Br2O3S. The quantitative estimate of drug-likeness (QED) is 0.827. The topological polar surface area (TPSA) is 57.5 Å². The van der Waals surface area contributed by atoms with Crippen molar-refractivity contribution in [1.82, 2.24) is 0 Å². The number of hydrogen-bond acceptors (Lipinski definition) is 3. The van der Waals surface area contributed by atoms with Gasteiger partial charge in [0.25, 0.3) is 0 Å². The zero-order chi connectivity index (χ0) is 12.3. The zero-order valence-corrected chi connectivity index (χ0v) is 12.6. The maximum atomic E-state index is 10.5. The summed E-state index contributed by atoms with van der Waals surface area (Å²) in [5.41, 5.74) is 0. The fourth-order valence-corrected chi connectivity index (χ4v) is 3.68. The van der Waals surface area contributed by atoms with Gasteiger partial charge in [0.2, 0.25) is 0 Å². The molecule has 0 fully saturated rings. The average Bonchev–Trinajstić information content (AvgIpc) is 2.45. The van der Waals surface area contributed by atoms with Crippen LogP contribution in [0.15, 0.2) is 14.3 Å². The lowest BCUT2D eigenvalue weighted by molar-refractivity contribution is -0.138. The lowest BCUT2D eigenvalue weighted by atomic mass is 9.99. The van der Waals surface area contributed by atoms with Gasteiger partial charge in [0, 0.05) is 25.6 Å². The lowest BCUT2D eigenvalue weighted by Crippen LogP contribution is -2.08. The van der Waals surface area contributed by atoms with Gasteiger partial charge in [-0.25, -0.2) is 0 Å². The Morgan fingerprint density at radius 1 is 1.56 bits per heavy atom. The summed E-state index contributed by atoms with van der Waals surface area (Å²) in [5.74, 6) is -0.869. The Bertz CT molecular complexity index is 378. The molecule has 90 valence electrons. The fourth-order valence-electron chi connectivity index (χ4n) is 1.43. The molecule has 0 aliphatic heterocycles. The Balaban J connectivity index is 2.62. The van der Waals surface area contributed by atoms with Crippen molar-refractivity contribution in [3.05, 3.63) is 19.2 Å². The van der Waals surface area contributed by atoms with Crippen molar-refractivity contribution in [3.63, 3.8) is 0 Å².